The van der Waals surface area contributed by atoms with E-state index in [-0.39, 0.29) is 0 Å². The van der Waals surface area contributed by atoms with E-state index in [1.54, 1.807) is 0 Å². The Kier molecular flexibility index (Phi) is 4.26. The summed E-state index contributed by atoms with van der Waals surface area (Å²) >= 11 is 0. The lowest BCUT2D eigenvalue weighted by molar-refractivity contribution is 0.159. The number of anilines is 1. The van der Waals surface area contributed by atoms with Crippen molar-refractivity contribution in [2.24, 2.45) is 17.8 Å². The normalized spacial score (nSPS) is 32.4. The monoisotopic (exact) mass is 286 g/mol. The van der Waals surface area contributed by atoms with E-state index in [2.05, 4.69) is 44.3 Å². The van der Waals surface area contributed by atoms with Gasteiger partial charge in [-0.05, 0) is 66.7 Å². The minimum atomic E-state index is 0.539. The Morgan fingerprint density at radius 2 is 2.00 bits per heavy atom. The number of benzene rings is 1. The Morgan fingerprint density at radius 1 is 1.19 bits per heavy atom. The van der Waals surface area contributed by atoms with Gasteiger partial charge in [0, 0.05) is 17.8 Å². The van der Waals surface area contributed by atoms with E-state index in [9.17, 15) is 0 Å². The van der Waals surface area contributed by atoms with Crippen LogP contribution >= 0.6 is 0 Å². The molecule has 2 aliphatic rings. The minimum absolute atomic E-state index is 0.539. The fourth-order valence-electron chi connectivity index (χ4n) is 4.46. The highest BCUT2D eigenvalue weighted by atomic mass is 15.0. The zero-order valence-electron chi connectivity index (χ0n) is 13.7. The molecule has 0 spiro atoms. The summed E-state index contributed by atoms with van der Waals surface area (Å²) in [5, 5.41) is 4.01. The average molecular weight is 286 g/mol. The van der Waals surface area contributed by atoms with Gasteiger partial charge in [0.2, 0.25) is 0 Å². The highest BCUT2D eigenvalue weighted by Crippen LogP contribution is 2.38. The van der Waals surface area contributed by atoms with Crippen molar-refractivity contribution in [3.8, 4) is 0 Å². The Balaban J connectivity index is 1.74. The van der Waals surface area contributed by atoms with E-state index in [1.165, 1.54) is 43.2 Å². The second-order valence-electron chi connectivity index (χ2n) is 7.65. The van der Waals surface area contributed by atoms with Gasteiger partial charge in [-0.25, -0.2) is 0 Å². The first-order chi connectivity index (χ1) is 10.0. The fourth-order valence-corrected chi connectivity index (χ4v) is 4.46. The fraction of sp³-hybridized carbons (Fsp3) is 0.684. The van der Waals surface area contributed by atoms with Gasteiger partial charge >= 0.3 is 0 Å². The molecular formula is C19H30N2. The van der Waals surface area contributed by atoms with Crippen LogP contribution in [0.1, 0.15) is 63.6 Å². The van der Waals surface area contributed by atoms with Crippen molar-refractivity contribution in [1.29, 1.82) is 0 Å². The SMILES string of the molecule is CC1CCC(C(C)C)C(NC2CCc3cc(N)ccc32)C1. The maximum Gasteiger partial charge on any atom is 0.0328 e. The smallest absolute Gasteiger partial charge is 0.0328 e. The van der Waals surface area contributed by atoms with E-state index < -0.39 is 0 Å². The second kappa shape index (κ2) is 6.00. The lowest BCUT2D eigenvalue weighted by Crippen LogP contribution is -2.44. The van der Waals surface area contributed by atoms with Crippen LogP contribution < -0.4 is 11.1 Å². The molecule has 4 unspecified atom stereocenters. The summed E-state index contributed by atoms with van der Waals surface area (Å²) in [5.74, 6) is 2.48. The molecule has 1 saturated carbocycles. The Labute approximate surface area is 129 Å². The van der Waals surface area contributed by atoms with Crippen LogP contribution in [-0.2, 0) is 6.42 Å². The summed E-state index contributed by atoms with van der Waals surface area (Å²) in [6.07, 6.45) is 6.53. The molecule has 0 saturated heterocycles. The number of aryl methyl sites for hydroxylation is 1. The van der Waals surface area contributed by atoms with Crippen molar-refractivity contribution in [3.63, 3.8) is 0 Å². The number of rotatable bonds is 3. The van der Waals surface area contributed by atoms with Gasteiger partial charge in [-0.2, -0.15) is 0 Å². The maximum atomic E-state index is 5.92. The quantitative estimate of drug-likeness (QED) is 0.813. The van der Waals surface area contributed by atoms with Gasteiger partial charge in [-0.3, -0.25) is 0 Å². The first-order valence-corrected chi connectivity index (χ1v) is 8.69. The Morgan fingerprint density at radius 3 is 2.76 bits per heavy atom. The topological polar surface area (TPSA) is 38.0 Å². The Bertz CT molecular complexity index is 494. The molecule has 3 rings (SSSR count). The van der Waals surface area contributed by atoms with Crippen LogP contribution in [0, 0.1) is 17.8 Å². The van der Waals surface area contributed by atoms with Crippen molar-refractivity contribution < 1.29 is 0 Å². The van der Waals surface area contributed by atoms with Crippen molar-refractivity contribution >= 4 is 5.69 Å². The Hall–Kier alpha value is -1.02. The molecule has 4 atom stereocenters. The van der Waals surface area contributed by atoms with Gasteiger partial charge in [0.25, 0.3) is 0 Å². The van der Waals surface area contributed by atoms with Crippen LogP contribution in [0.2, 0.25) is 0 Å². The predicted molar refractivity (Wildman–Crippen MR) is 90.2 cm³/mol. The molecule has 3 N–H and O–H groups in total. The standard InChI is InChI=1S/C19H30N2/c1-12(2)16-7-4-13(3)10-19(16)21-18-9-5-14-11-15(20)6-8-17(14)18/h6,8,11-13,16,18-19,21H,4-5,7,9-10,20H2,1-3H3. The van der Waals surface area contributed by atoms with Crippen molar-refractivity contribution in [2.45, 2.75) is 65.0 Å². The molecular weight excluding hydrogens is 256 g/mol. The highest BCUT2D eigenvalue weighted by Gasteiger charge is 2.33. The molecule has 2 heteroatoms. The second-order valence-corrected chi connectivity index (χ2v) is 7.65. The van der Waals surface area contributed by atoms with Gasteiger partial charge < -0.3 is 11.1 Å². The largest absolute Gasteiger partial charge is 0.399 e. The zero-order chi connectivity index (χ0) is 15.0. The molecule has 0 radical (unpaired) electrons. The number of nitrogen functional groups attached to an aromatic ring is 1. The van der Waals surface area contributed by atoms with E-state index in [0.29, 0.717) is 12.1 Å². The van der Waals surface area contributed by atoms with E-state index in [0.717, 1.165) is 23.4 Å². The number of nitrogens with two attached hydrogens (primary N) is 1. The van der Waals surface area contributed by atoms with Crippen LogP contribution in [0.5, 0.6) is 0 Å². The van der Waals surface area contributed by atoms with E-state index >= 15 is 0 Å². The summed E-state index contributed by atoms with van der Waals surface area (Å²) < 4.78 is 0. The molecule has 1 fully saturated rings. The van der Waals surface area contributed by atoms with Gasteiger partial charge in [0.15, 0.2) is 0 Å². The van der Waals surface area contributed by atoms with Crippen molar-refractivity contribution in [2.75, 3.05) is 5.73 Å². The molecule has 21 heavy (non-hydrogen) atoms. The van der Waals surface area contributed by atoms with Gasteiger partial charge in [-0.15, -0.1) is 0 Å². The highest BCUT2D eigenvalue weighted by molar-refractivity contribution is 5.47. The van der Waals surface area contributed by atoms with Crippen LogP contribution in [0.3, 0.4) is 0 Å². The van der Waals surface area contributed by atoms with Crippen molar-refractivity contribution in [3.05, 3.63) is 29.3 Å². The molecule has 0 heterocycles. The molecule has 2 nitrogen and oxygen atoms in total. The molecule has 0 aliphatic heterocycles. The third kappa shape index (κ3) is 3.11. The summed E-state index contributed by atoms with van der Waals surface area (Å²) in [5.41, 5.74) is 9.77. The summed E-state index contributed by atoms with van der Waals surface area (Å²) in [6.45, 7) is 7.19. The van der Waals surface area contributed by atoms with Crippen LogP contribution in [0.15, 0.2) is 18.2 Å². The minimum Gasteiger partial charge on any atom is -0.399 e. The third-order valence-corrected chi connectivity index (χ3v) is 5.68. The lowest BCUT2D eigenvalue weighted by atomic mass is 9.73. The maximum absolute atomic E-state index is 5.92. The van der Waals surface area contributed by atoms with Crippen LogP contribution in [0.4, 0.5) is 5.69 Å². The molecule has 0 bridgehead atoms. The summed E-state index contributed by atoms with van der Waals surface area (Å²) in [6, 6.07) is 7.69. The third-order valence-electron chi connectivity index (χ3n) is 5.68. The molecule has 2 aliphatic carbocycles. The van der Waals surface area contributed by atoms with Crippen molar-refractivity contribution in [1.82, 2.24) is 5.32 Å². The van der Waals surface area contributed by atoms with Crippen LogP contribution in [0.25, 0.3) is 0 Å². The van der Waals surface area contributed by atoms with Gasteiger partial charge in [0.05, 0.1) is 0 Å². The zero-order valence-corrected chi connectivity index (χ0v) is 13.7. The number of hydrogen-bond donors (Lipinski definition) is 2. The lowest BCUT2D eigenvalue weighted by Gasteiger charge is -2.39. The number of nitrogens with one attached hydrogen (secondary N) is 1. The molecule has 0 aromatic heterocycles. The first-order valence-electron chi connectivity index (χ1n) is 8.69. The summed E-state index contributed by atoms with van der Waals surface area (Å²) in [7, 11) is 0. The first kappa shape index (κ1) is 14.9. The molecule has 1 aromatic carbocycles. The predicted octanol–water partition coefficient (Wildman–Crippen LogP) is 4.31. The van der Waals surface area contributed by atoms with E-state index in [1.807, 2.05) is 0 Å². The van der Waals surface area contributed by atoms with Gasteiger partial charge in [0.1, 0.15) is 0 Å². The molecule has 0 amide bonds. The molecule has 116 valence electrons. The van der Waals surface area contributed by atoms with E-state index in [4.69, 9.17) is 5.73 Å². The summed E-state index contributed by atoms with van der Waals surface area (Å²) in [4.78, 5) is 0. The van der Waals surface area contributed by atoms with Crippen LogP contribution in [-0.4, -0.2) is 6.04 Å². The van der Waals surface area contributed by atoms with Gasteiger partial charge in [-0.1, -0.05) is 33.3 Å². The average Bonchev–Trinajstić information content (AvgIpc) is 2.81. The number of fused-ring (bicyclic) bond motifs is 1. The molecule has 1 aromatic rings. The number of hydrogen-bond acceptors (Lipinski definition) is 2.